The van der Waals surface area contributed by atoms with E-state index in [0.29, 0.717) is 18.6 Å². The van der Waals surface area contributed by atoms with Crippen LogP contribution in [0.1, 0.15) is 17.5 Å². The highest BCUT2D eigenvalue weighted by molar-refractivity contribution is 5.88. The highest BCUT2D eigenvalue weighted by atomic mass is 16.6. The second-order valence-electron chi connectivity index (χ2n) is 8.51. The van der Waals surface area contributed by atoms with Gasteiger partial charge in [-0.15, -0.1) is 0 Å². The normalized spacial score (nSPS) is 15.9. The summed E-state index contributed by atoms with van der Waals surface area (Å²) in [5.41, 5.74) is 3.27. The first-order chi connectivity index (χ1) is 16.7. The zero-order valence-electron chi connectivity index (χ0n) is 18.8. The van der Waals surface area contributed by atoms with Crippen LogP contribution in [0.3, 0.4) is 0 Å². The number of carbonyl (C=O) groups excluding carboxylic acids is 1. The summed E-state index contributed by atoms with van der Waals surface area (Å²) in [5.74, 6) is 0.503. The van der Waals surface area contributed by atoms with Gasteiger partial charge in [0.25, 0.3) is 0 Å². The van der Waals surface area contributed by atoms with Crippen LogP contribution in [0.4, 0.5) is 4.79 Å². The fraction of sp³-hybridized carbons (Fsp3) is 0.172. The molecular formula is C29H26N2O3. The van der Waals surface area contributed by atoms with Crippen molar-refractivity contribution in [3.8, 4) is 5.75 Å². The quantitative estimate of drug-likeness (QED) is 0.380. The van der Waals surface area contributed by atoms with Gasteiger partial charge in [-0.3, -0.25) is 0 Å². The van der Waals surface area contributed by atoms with Gasteiger partial charge in [0, 0.05) is 12.8 Å². The molecule has 2 unspecified atom stereocenters. The molecule has 4 aromatic rings. The second kappa shape index (κ2) is 10.2. The smallest absolute Gasteiger partial charge is 0.410 e. The Morgan fingerprint density at radius 3 is 2.32 bits per heavy atom. The van der Waals surface area contributed by atoms with Crippen LogP contribution in [-0.2, 0) is 17.7 Å². The Morgan fingerprint density at radius 1 is 0.882 bits per heavy atom. The van der Waals surface area contributed by atoms with E-state index in [1.165, 1.54) is 5.56 Å². The number of hydrogen-bond acceptors (Lipinski definition) is 4. The summed E-state index contributed by atoms with van der Waals surface area (Å²) in [6.07, 6.45) is 1.24. The van der Waals surface area contributed by atoms with Crippen LogP contribution >= 0.6 is 0 Å². The van der Waals surface area contributed by atoms with Gasteiger partial charge in [-0.05, 0) is 40.5 Å². The number of ether oxygens (including phenoxy) is 1. The number of nitrogens with one attached hydrogen (secondary N) is 1. The van der Waals surface area contributed by atoms with Gasteiger partial charge in [-0.1, -0.05) is 96.2 Å². The summed E-state index contributed by atoms with van der Waals surface area (Å²) in [6, 6.07) is 33.6. The van der Waals surface area contributed by atoms with Crippen molar-refractivity contribution in [3.63, 3.8) is 0 Å². The first-order valence-corrected chi connectivity index (χ1v) is 11.5. The van der Waals surface area contributed by atoms with Crippen molar-refractivity contribution < 1.29 is 14.4 Å². The summed E-state index contributed by atoms with van der Waals surface area (Å²) in [5, 5.41) is 9.47. The van der Waals surface area contributed by atoms with Crippen LogP contribution in [0.2, 0.25) is 0 Å². The zero-order valence-corrected chi connectivity index (χ0v) is 18.8. The van der Waals surface area contributed by atoms with Gasteiger partial charge in [0.1, 0.15) is 5.75 Å². The minimum Gasteiger partial charge on any atom is -0.410 e. The van der Waals surface area contributed by atoms with Crippen LogP contribution in [0.5, 0.6) is 5.75 Å². The summed E-state index contributed by atoms with van der Waals surface area (Å²) in [6.45, 7) is 0. The maximum Gasteiger partial charge on any atom is 0.412 e. The van der Waals surface area contributed by atoms with Gasteiger partial charge < -0.3 is 14.9 Å². The van der Waals surface area contributed by atoms with E-state index in [2.05, 4.69) is 22.6 Å². The number of nitrogens with zero attached hydrogens (tertiary/aromatic N) is 1. The third-order valence-corrected chi connectivity index (χ3v) is 5.99. The highest BCUT2D eigenvalue weighted by Gasteiger charge is 2.31. The molecule has 1 amide bonds. The standard InChI is InChI=1S/C29H26N2O3/c32-29(33-26-16-15-23-13-7-8-14-24(23)19-26)30-27(18-22-11-5-2-6-12-22)28-20-25(31-34-28)17-21-9-3-1-4-10-21/h1-16,19,27-28H,17-18,20H2,(H,30,32). The molecule has 5 rings (SSSR count). The molecule has 170 valence electrons. The molecule has 0 saturated heterocycles. The number of hydrogen-bond donors (Lipinski definition) is 1. The van der Waals surface area contributed by atoms with E-state index in [1.54, 1.807) is 6.07 Å². The average Bonchev–Trinajstić information content (AvgIpc) is 3.33. The average molecular weight is 451 g/mol. The fourth-order valence-electron chi connectivity index (χ4n) is 4.26. The fourth-order valence-corrected chi connectivity index (χ4v) is 4.26. The Bertz CT molecular complexity index is 1290. The molecule has 0 saturated carbocycles. The molecule has 0 aromatic heterocycles. The van der Waals surface area contributed by atoms with Crippen molar-refractivity contribution in [1.82, 2.24) is 5.32 Å². The first kappa shape index (κ1) is 21.7. The van der Waals surface area contributed by atoms with Crippen molar-refractivity contribution in [3.05, 3.63) is 114 Å². The monoisotopic (exact) mass is 450 g/mol. The molecular weight excluding hydrogens is 424 g/mol. The molecule has 0 aliphatic carbocycles. The predicted molar refractivity (Wildman–Crippen MR) is 134 cm³/mol. The molecule has 0 bridgehead atoms. The van der Waals surface area contributed by atoms with Gasteiger partial charge >= 0.3 is 6.09 Å². The Balaban J connectivity index is 1.27. The third-order valence-electron chi connectivity index (χ3n) is 5.99. The van der Waals surface area contributed by atoms with Crippen molar-refractivity contribution in [1.29, 1.82) is 0 Å². The Labute approximate surface area is 199 Å². The number of amides is 1. The van der Waals surface area contributed by atoms with E-state index in [0.717, 1.165) is 28.5 Å². The number of carbonyl (C=O) groups is 1. The van der Waals surface area contributed by atoms with Gasteiger partial charge in [0.2, 0.25) is 0 Å². The number of benzene rings is 4. The van der Waals surface area contributed by atoms with E-state index < -0.39 is 6.09 Å². The van der Waals surface area contributed by atoms with Crippen LogP contribution in [0.25, 0.3) is 10.8 Å². The van der Waals surface area contributed by atoms with Gasteiger partial charge in [0.15, 0.2) is 6.10 Å². The summed E-state index contributed by atoms with van der Waals surface area (Å²) in [7, 11) is 0. The minimum atomic E-state index is -0.503. The number of fused-ring (bicyclic) bond motifs is 1. The van der Waals surface area contributed by atoms with Crippen LogP contribution < -0.4 is 10.1 Å². The minimum absolute atomic E-state index is 0.261. The maximum atomic E-state index is 12.9. The van der Waals surface area contributed by atoms with Crippen molar-refractivity contribution in [2.45, 2.75) is 31.4 Å². The van der Waals surface area contributed by atoms with Gasteiger partial charge in [-0.25, -0.2) is 4.79 Å². The molecule has 2 atom stereocenters. The maximum absolute atomic E-state index is 12.9. The van der Waals surface area contributed by atoms with Gasteiger partial charge in [-0.2, -0.15) is 0 Å². The molecule has 5 heteroatoms. The molecule has 1 heterocycles. The van der Waals surface area contributed by atoms with Gasteiger partial charge in [0.05, 0.1) is 11.8 Å². The van der Waals surface area contributed by atoms with Crippen molar-refractivity contribution >= 4 is 22.6 Å². The number of rotatable bonds is 7. The Morgan fingerprint density at radius 2 is 1.56 bits per heavy atom. The summed E-state index contributed by atoms with van der Waals surface area (Å²) >= 11 is 0. The van der Waals surface area contributed by atoms with Crippen LogP contribution in [0.15, 0.2) is 108 Å². The second-order valence-corrected chi connectivity index (χ2v) is 8.51. The van der Waals surface area contributed by atoms with E-state index in [-0.39, 0.29) is 12.1 Å². The number of oxime groups is 1. The SMILES string of the molecule is O=C(NC(Cc1ccccc1)C1CC(Cc2ccccc2)=NO1)Oc1ccc2ccccc2c1. The van der Waals surface area contributed by atoms with E-state index in [4.69, 9.17) is 9.57 Å². The lowest BCUT2D eigenvalue weighted by Gasteiger charge is -2.23. The van der Waals surface area contributed by atoms with Crippen LogP contribution in [-0.4, -0.2) is 24.0 Å². The lowest BCUT2D eigenvalue weighted by atomic mass is 9.96. The van der Waals surface area contributed by atoms with Crippen molar-refractivity contribution in [2.24, 2.45) is 5.16 Å². The van der Waals surface area contributed by atoms with E-state index >= 15 is 0 Å². The zero-order chi connectivity index (χ0) is 23.2. The lowest BCUT2D eigenvalue weighted by molar-refractivity contribution is 0.0555. The Hall–Kier alpha value is -4.12. The molecule has 4 aromatic carbocycles. The predicted octanol–water partition coefficient (Wildman–Crippen LogP) is 5.93. The molecule has 0 fully saturated rings. The molecule has 1 aliphatic heterocycles. The van der Waals surface area contributed by atoms with E-state index in [1.807, 2.05) is 84.9 Å². The molecule has 34 heavy (non-hydrogen) atoms. The third kappa shape index (κ3) is 5.44. The highest BCUT2D eigenvalue weighted by Crippen LogP contribution is 2.22. The summed E-state index contributed by atoms with van der Waals surface area (Å²) < 4.78 is 5.63. The first-order valence-electron chi connectivity index (χ1n) is 11.5. The molecule has 0 radical (unpaired) electrons. The van der Waals surface area contributed by atoms with E-state index in [9.17, 15) is 4.79 Å². The molecule has 0 spiro atoms. The molecule has 5 nitrogen and oxygen atoms in total. The topological polar surface area (TPSA) is 59.9 Å². The molecule has 1 N–H and O–H groups in total. The van der Waals surface area contributed by atoms with Crippen molar-refractivity contribution in [2.75, 3.05) is 0 Å². The summed E-state index contributed by atoms with van der Waals surface area (Å²) in [4.78, 5) is 18.7. The lowest BCUT2D eigenvalue weighted by Crippen LogP contribution is -2.46. The Kier molecular flexibility index (Phi) is 6.52. The van der Waals surface area contributed by atoms with Crippen LogP contribution in [0, 0.1) is 0 Å². The largest absolute Gasteiger partial charge is 0.412 e. The molecule has 1 aliphatic rings.